The summed E-state index contributed by atoms with van der Waals surface area (Å²) in [5, 5.41) is 6.78. The number of aliphatic imine (C=N–C) groups is 1. The number of nitrogens with zero attached hydrogens (tertiary/aromatic N) is 2. The van der Waals surface area contributed by atoms with E-state index in [0.717, 1.165) is 57.2 Å². The summed E-state index contributed by atoms with van der Waals surface area (Å²) in [6.45, 7) is 8.38. The van der Waals surface area contributed by atoms with Gasteiger partial charge in [-0.2, -0.15) is 0 Å². The summed E-state index contributed by atoms with van der Waals surface area (Å²) < 4.78 is 5.64. The van der Waals surface area contributed by atoms with E-state index in [2.05, 4.69) is 27.4 Å². The molecule has 2 rings (SSSR count). The van der Waals surface area contributed by atoms with Gasteiger partial charge in [0.2, 0.25) is 0 Å². The first-order valence-corrected chi connectivity index (χ1v) is 9.06. The molecule has 128 valence electrons. The molecule has 2 N–H and O–H groups in total. The Balaban J connectivity index is 1.47. The van der Waals surface area contributed by atoms with Crippen LogP contribution in [0.3, 0.4) is 0 Å². The van der Waals surface area contributed by atoms with E-state index in [1.807, 2.05) is 7.05 Å². The SMILES string of the molecule is CN=C(NCCCOCC1CC1)NCCN1CCCCC1C. The highest BCUT2D eigenvalue weighted by Gasteiger charge is 2.20. The van der Waals surface area contributed by atoms with Crippen LogP contribution in [0.25, 0.3) is 0 Å². The number of piperidine rings is 1. The number of ether oxygens (including phenoxy) is 1. The fraction of sp³-hybridized carbons (Fsp3) is 0.941. The van der Waals surface area contributed by atoms with Gasteiger partial charge in [-0.25, -0.2) is 0 Å². The molecule has 0 aromatic heterocycles. The van der Waals surface area contributed by atoms with Crippen molar-refractivity contribution in [1.82, 2.24) is 15.5 Å². The molecule has 2 fully saturated rings. The van der Waals surface area contributed by atoms with Crippen molar-refractivity contribution in [2.24, 2.45) is 10.9 Å². The lowest BCUT2D eigenvalue weighted by Crippen LogP contribution is -2.45. The third-order valence-electron chi connectivity index (χ3n) is 4.66. The zero-order chi connectivity index (χ0) is 15.6. The molecule has 1 atom stereocenters. The predicted octanol–water partition coefficient (Wildman–Crippen LogP) is 1.84. The Bertz CT molecular complexity index is 331. The molecule has 22 heavy (non-hydrogen) atoms. The highest BCUT2D eigenvalue weighted by atomic mass is 16.5. The second-order valence-electron chi connectivity index (χ2n) is 6.68. The average Bonchev–Trinajstić information content (AvgIpc) is 3.35. The molecule has 0 aromatic rings. The highest BCUT2D eigenvalue weighted by Crippen LogP contribution is 2.28. The van der Waals surface area contributed by atoms with Gasteiger partial charge in [0.05, 0.1) is 0 Å². The summed E-state index contributed by atoms with van der Waals surface area (Å²) in [6, 6.07) is 0.731. The van der Waals surface area contributed by atoms with Gasteiger partial charge < -0.3 is 15.4 Å². The van der Waals surface area contributed by atoms with E-state index in [-0.39, 0.29) is 0 Å². The zero-order valence-corrected chi connectivity index (χ0v) is 14.4. The molecule has 0 spiro atoms. The lowest BCUT2D eigenvalue weighted by Gasteiger charge is -2.33. The van der Waals surface area contributed by atoms with Gasteiger partial charge in [0, 0.05) is 45.9 Å². The smallest absolute Gasteiger partial charge is 0.191 e. The van der Waals surface area contributed by atoms with Gasteiger partial charge in [0.15, 0.2) is 5.96 Å². The van der Waals surface area contributed by atoms with Crippen molar-refractivity contribution >= 4 is 5.96 Å². The van der Waals surface area contributed by atoms with Crippen LogP contribution in [0.15, 0.2) is 4.99 Å². The first-order valence-electron chi connectivity index (χ1n) is 9.06. The Labute approximate surface area is 135 Å². The molecular weight excluding hydrogens is 276 g/mol. The van der Waals surface area contributed by atoms with Crippen LogP contribution in [-0.4, -0.2) is 63.3 Å². The van der Waals surface area contributed by atoms with Crippen molar-refractivity contribution < 1.29 is 4.74 Å². The first-order chi connectivity index (χ1) is 10.8. The van der Waals surface area contributed by atoms with Crippen molar-refractivity contribution in [3.63, 3.8) is 0 Å². The number of hydrogen-bond acceptors (Lipinski definition) is 3. The minimum absolute atomic E-state index is 0.731. The highest BCUT2D eigenvalue weighted by molar-refractivity contribution is 5.79. The molecule has 2 aliphatic rings. The van der Waals surface area contributed by atoms with Gasteiger partial charge in [-0.3, -0.25) is 9.89 Å². The number of nitrogens with one attached hydrogen (secondary N) is 2. The maximum atomic E-state index is 5.64. The quantitative estimate of drug-likeness (QED) is 0.388. The molecule has 1 saturated carbocycles. The predicted molar refractivity (Wildman–Crippen MR) is 92.4 cm³/mol. The van der Waals surface area contributed by atoms with E-state index in [9.17, 15) is 0 Å². The fourth-order valence-electron chi connectivity index (χ4n) is 2.94. The zero-order valence-electron chi connectivity index (χ0n) is 14.4. The van der Waals surface area contributed by atoms with Crippen LogP contribution in [0.2, 0.25) is 0 Å². The lowest BCUT2D eigenvalue weighted by molar-refractivity contribution is 0.123. The molecule has 1 heterocycles. The van der Waals surface area contributed by atoms with Crippen LogP contribution in [0, 0.1) is 5.92 Å². The minimum atomic E-state index is 0.731. The van der Waals surface area contributed by atoms with Crippen LogP contribution in [0.5, 0.6) is 0 Å². The van der Waals surface area contributed by atoms with Crippen LogP contribution in [0.1, 0.15) is 45.4 Å². The third-order valence-corrected chi connectivity index (χ3v) is 4.66. The van der Waals surface area contributed by atoms with Gasteiger partial charge >= 0.3 is 0 Å². The average molecular weight is 310 g/mol. The van der Waals surface area contributed by atoms with E-state index in [1.54, 1.807) is 0 Å². The maximum Gasteiger partial charge on any atom is 0.191 e. The summed E-state index contributed by atoms with van der Waals surface area (Å²) in [5.74, 6) is 1.77. The van der Waals surface area contributed by atoms with Gasteiger partial charge in [0.1, 0.15) is 0 Å². The maximum absolute atomic E-state index is 5.64. The standard InChI is InChI=1S/C17H34N4O/c1-15-6-3-4-11-21(15)12-10-20-17(18-2)19-9-5-13-22-14-16-7-8-16/h15-16H,3-14H2,1-2H3,(H2,18,19,20). The van der Waals surface area contributed by atoms with Crippen molar-refractivity contribution in [1.29, 1.82) is 0 Å². The van der Waals surface area contributed by atoms with E-state index in [4.69, 9.17) is 4.74 Å². The van der Waals surface area contributed by atoms with Crippen molar-refractivity contribution in [3.05, 3.63) is 0 Å². The molecule has 0 amide bonds. The van der Waals surface area contributed by atoms with E-state index in [0.29, 0.717) is 0 Å². The first kappa shape index (κ1) is 17.5. The van der Waals surface area contributed by atoms with Crippen molar-refractivity contribution in [2.45, 2.75) is 51.5 Å². The second-order valence-corrected chi connectivity index (χ2v) is 6.68. The molecule has 1 aliphatic heterocycles. The Morgan fingerprint density at radius 3 is 2.73 bits per heavy atom. The number of hydrogen-bond donors (Lipinski definition) is 2. The second kappa shape index (κ2) is 10.1. The molecule has 0 aromatic carbocycles. The number of rotatable bonds is 9. The monoisotopic (exact) mass is 310 g/mol. The molecule has 1 aliphatic carbocycles. The summed E-state index contributed by atoms with van der Waals surface area (Å²) in [5.41, 5.74) is 0. The summed E-state index contributed by atoms with van der Waals surface area (Å²) in [7, 11) is 1.84. The van der Waals surface area contributed by atoms with Crippen molar-refractivity contribution in [3.8, 4) is 0 Å². The van der Waals surface area contributed by atoms with E-state index in [1.165, 1.54) is 38.6 Å². The van der Waals surface area contributed by atoms with E-state index >= 15 is 0 Å². The number of guanidine groups is 1. The van der Waals surface area contributed by atoms with Crippen LogP contribution >= 0.6 is 0 Å². The van der Waals surface area contributed by atoms with Gasteiger partial charge in [0.25, 0.3) is 0 Å². The van der Waals surface area contributed by atoms with Gasteiger partial charge in [-0.05, 0) is 51.5 Å². The topological polar surface area (TPSA) is 48.9 Å². The van der Waals surface area contributed by atoms with Crippen LogP contribution in [0.4, 0.5) is 0 Å². The van der Waals surface area contributed by atoms with Gasteiger partial charge in [-0.15, -0.1) is 0 Å². The summed E-state index contributed by atoms with van der Waals surface area (Å²) in [6.07, 6.45) is 7.84. The molecule has 5 nitrogen and oxygen atoms in total. The molecular formula is C17H34N4O. The molecule has 1 unspecified atom stereocenters. The largest absolute Gasteiger partial charge is 0.381 e. The Hall–Kier alpha value is -0.810. The summed E-state index contributed by atoms with van der Waals surface area (Å²) >= 11 is 0. The Kier molecular flexibility index (Phi) is 8.02. The molecule has 0 bridgehead atoms. The summed E-state index contributed by atoms with van der Waals surface area (Å²) in [4.78, 5) is 6.86. The van der Waals surface area contributed by atoms with Crippen LogP contribution in [-0.2, 0) is 4.74 Å². The normalized spacial score (nSPS) is 23.5. The van der Waals surface area contributed by atoms with Gasteiger partial charge in [-0.1, -0.05) is 6.42 Å². The fourth-order valence-corrected chi connectivity index (χ4v) is 2.94. The lowest BCUT2D eigenvalue weighted by atomic mass is 10.0. The third kappa shape index (κ3) is 6.97. The number of likely N-dealkylation sites (tertiary alicyclic amines) is 1. The van der Waals surface area contributed by atoms with Crippen molar-refractivity contribution in [2.75, 3.05) is 46.4 Å². The Morgan fingerprint density at radius 1 is 1.18 bits per heavy atom. The molecule has 5 heteroatoms. The van der Waals surface area contributed by atoms with E-state index < -0.39 is 0 Å². The molecule has 1 saturated heterocycles. The minimum Gasteiger partial charge on any atom is -0.381 e. The van der Waals surface area contributed by atoms with Crippen LogP contribution < -0.4 is 10.6 Å². The Morgan fingerprint density at radius 2 is 2.00 bits per heavy atom. The molecule has 0 radical (unpaired) electrons.